The van der Waals surface area contributed by atoms with E-state index >= 15 is 0 Å². The van der Waals surface area contributed by atoms with Crippen molar-refractivity contribution in [1.82, 2.24) is 15.1 Å². The van der Waals surface area contributed by atoms with Gasteiger partial charge < -0.3 is 24.4 Å². The Balaban J connectivity index is 0.00000256. The van der Waals surface area contributed by atoms with Crippen LogP contribution >= 0.6 is 24.0 Å². The third-order valence-corrected chi connectivity index (χ3v) is 5.94. The van der Waals surface area contributed by atoms with Crippen molar-refractivity contribution in [3.05, 3.63) is 35.4 Å². The van der Waals surface area contributed by atoms with Gasteiger partial charge in [-0.25, -0.2) is 0 Å². The van der Waals surface area contributed by atoms with Crippen molar-refractivity contribution in [1.29, 1.82) is 0 Å². The Bertz CT molecular complexity index is 678. The van der Waals surface area contributed by atoms with Crippen LogP contribution < -0.4 is 5.32 Å². The van der Waals surface area contributed by atoms with Gasteiger partial charge in [0.05, 0.1) is 25.9 Å². The minimum atomic E-state index is 0. The van der Waals surface area contributed by atoms with Gasteiger partial charge in [-0.05, 0) is 24.0 Å². The molecule has 8 heteroatoms. The lowest BCUT2D eigenvalue weighted by Gasteiger charge is -2.37. The van der Waals surface area contributed by atoms with Crippen molar-refractivity contribution < 1.29 is 14.2 Å². The molecule has 1 N–H and O–H groups in total. The molecule has 2 unspecified atom stereocenters. The third-order valence-electron chi connectivity index (χ3n) is 5.94. The molecule has 2 atom stereocenters. The summed E-state index contributed by atoms with van der Waals surface area (Å²) in [5.74, 6) is 0.940. The summed E-state index contributed by atoms with van der Waals surface area (Å²) in [5, 5.41) is 3.54. The van der Waals surface area contributed by atoms with Gasteiger partial charge in [-0.1, -0.05) is 24.3 Å². The van der Waals surface area contributed by atoms with Crippen molar-refractivity contribution in [3.63, 3.8) is 0 Å². The molecular formula is C22H35IN4O3. The molecule has 7 nitrogen and oxygen atoms in total. The molecule has 30 heavy (non-hydrogen) atoms. The smallest absolute Gasteiger partial charge is 0.194 e. The fraction of sp³-hybridized carbons (Fsp3) is 0.682. The lowest BCUT2D eigenvalue weighted by molar-refractivity contribution is -0.0817. The van der Waals surface area contributed by atoms with Gasteiger partial charge >= 0.3 is 0 Å². The quantitative estimate of drug-likeness (QED) is 0.358. The summed E-state index contributed by atoms with van der Waals surface area (Å²) in [6.07, 6.45) is 2.60. The molecule has 0 radical (unpaired) electrons. The zero-order valence-corrected chi connectivity index (χ0v) is 20.3. The van der Waals surface area contributed by atoms with E-state index in [2.05, 4.69) is 44.4 Å². The number of nitrogens with zero attached hydrogens (tertiary/aromatic N) is 3. The first-order valence-electron chi connectivity index (χ1n) is 10.9. The zero-order chi connectivity index (χ0) is 19.9. The van der Waals surface area contributed by atoms with Gasteiger partial charge in [0.1, 0.15) is 6.10 Å². The molecule has 3 fully saturated rings. The van der Waals surface area contributed by atoms with Crippen LogP contribution in [0, 0.1) is 0 Å². The number of nitrogens with one attached hydrogen (secondary N) is 1. The van der Waals surface area contributed by atoms with Crippen LogP contribution in [-0.2, 0) is 27.3 Å². The minimum Gasteiger partial charge on any atom is -0.379 e. The number of aliphatic imine (C=N–C) groups is 1. The summed E-state index contributed by atoms with van der Waals surface area (Å²) in [7, 11) is 1.85. The third kappa shape index (κ3) is 6.53. The van der Waals surface area contributed by atoms with Crippen molar-refractivity contribution in [2.24, 2.45) is 4.99 Å². The van der Waals surface area contributed by atoms with Crippen molar-refractivity contribution in [2.45, 2.75) is 38.1 Å². The fourth-order valence-electron chi connectivity index (χ4n) is 4.36. The van der Waals surface area contributed by atoms with E-state index in [1.807, 2.05) is 7.05 Å². The molecule has 0 aliphatic carbocycles. The van der Waals surface area contributed by atoms with Crippen LogP contribution in [0.15, 0.2) is 29.3 Å². The summed E-state index contributed by atoms with van der Waals surface area (Å²) in [5.41, 5.74) is 2.63. The molecule has 3 aliphatic rings. The maximum atomic E-state index is 5.97. The summed E-state index contributed by atoms with van der Waals surface area (Å²) < 4.78 is 17.3. The number of hydrogen-bond donors (Lipinski definition) is 1. The Kier molecular flexibility index (Phi) is 9.64. The molecule has 1 aromatic carbocycles. The molecule has 0 saturated carbocycles. The Morgan fingerprint density at radius 1 is 1.07 bits per heavy atom. The van der Waals surface area contributed by atoms with Crippen LogP contribution in [0.4, 0.5) is 0 Å². The molecule has 4 rings (SSSR count). The lowest BCUT2D eigenvalue weighted by atomic mass is 10.1. The molecule has 1 aromatic rings. The van der Waals surface area contributed by atoms with Crippen LogP contribution in [0.3, 0.4) is 0 Å². The van der Waals surface area contributed by atoms with Crippen molar-refractivity contribution >= 4 is 29.9 Å². The number of hydrogen-bond acceptors (Lipinski definition) is 5. The SMILES string of the molecule is CN=C(NCc1cccc(CN2CCOCC2)c1)N1CCOC(C2CCCO2)C1.I. The second-order valence-electron chi connectivity index (χ2n) is 8.02. The van der Waals surface area contributed by atoms with Crippen LogP contribution in [0.2, 0.25) is 0 Å². The summed E-state index contributed by atoms with van der Waals surface area (Å²) in [4.78, 5) is 9.27. The van der Waals surface area contributed by atoms with Crippen LogP contribution in [0.25, 0.3) is 0 Å². The molecule has 0 amide bonds. The van der Waals surface area contributed by atoms with Gasteiger partial charge in [0, 0.05) is 52.9 Å². The summed E-state index contributed by atoms with van der Waals surface area (Å²) in [6, 6.07) is 8.83. The maximum Gasteiger partial charge on any atom is 0.194 e. The van der Waals surface area contributed by atoms with Gasteiger partial charge in [0.25, 0.3) is 0 Å². The number of morpholine rings is 2. The van der Waals surface area contributed by atoms with E-state index < -0.39 is 0 Å². The summed E-state index contributed by atoms with van der Waals surface area (Å²) >= 11 is 0. The highest BCUT2D eigenvalue weighted by Gasteiger charge is 2.32. The predicted octanol–water partition coefficient (Wildman–Crippen LogP) is 2.09. The molecule has 0 spiro atoms. The normalized spacial score (nSPS) is 25.8. The van der Waals surface area contributed by atoms with Crippen LogP contribution in [0.1, 0.15) is 24.0 Å². The monoisotopic (exact) mass is 530 g/mol. The Morgan fingerprint density at radius 3 is 2.63 bits per heavy atom. The molecule has 3 aliphatic heterocycles. The van der Waals surface area contributed by atoms with E-state index in [4.69, 9.17) is 14.2 Å². The standard InChI is InChI=1S/C22H34N4O3.HI/c1-23-22(26-9-13-29-21(17-26)20-6-3-10-28-20)24-15-18-4-2-5-19(14-18)16-25-7-11-27-12-8-25;/h2,4-5,14,20-21H,3,6-13,15-17H2,1H3,(H,23,24);1H. The molecule has 3 saturated heterocycles. The maximum absolute atomic E-state index is 5.97. The van der Waals surface area contributed by atoms with Crippen LogP contribution in [-0.4, -0.2) is 87.6 Å². The average Bonchev–Trinajstić information content (AvgIpc) is 3.31. The summed E-state index contributed by atoms with van der Waals surface area (Å²) in [6.45, 7) is 8.73. The molecule has 0 aromatic heterocycles. The van der Waals surface area contributed by atoms with E-state index in [0.717, 1.165) is 84.5 Å². The Morgan fingerprint density at radius 2 is 1.87 bits per heavy atom. The van der Waals surface area contributed by atoms with E-state index in [9.17, 15) is 0 Å². The second kappa shape index (κ2) is 12.2. The number of ether oxygens (including phenoxy) is 3. The van der Waals surface area contributed by atoms with Crippen molar-refractivity contribution in [3.8, 4) is 0 Å². The predicted molar refractivity (Wildman–Crippen MR) is 128 cm³/mol. The minimum absolute atomic E-state index is 0. The largest absolute Gasteiger partial charge is 0.379 e. The van der Waals surface area contributed by atoms with E-state index in [-0.39, 0.29) is 36.2 Å². The topological polar surface area (TPSA) is 58.6 Å². The molecule has 168 valence electrons. The zero-order valence-electron chi connectivity index (χ0n) is 17.9. The van der Waals surface area contributed by atoms with Crippen molar-refractivity contribution in [2.75, 3.05) is 59.7 Å². The number of guanidine groups is 1. The van der Waals surface area contributed by atoms with Gasteiger partial charge in [0.15, 0.2) is 5.96 Å². The number of rotatable bonds is 5. The second-order valence-corrected chi connectivity index (χ2v) is 8.02. The van der Waals surface area contributed by atoms with Gasteiger partial charge in [0.2, 0.25) is 0 Å². The first kappa shape index (κ1) is 23.7. The molecule has 3 heterocycles. The lowest BCUT2D eigenvalue weighted by Crippen LogP contribution is -2.53. The highest BCUT2D eigenvalue weighted by atomic mass is 127. The number of benzene rings is 1. The molecule has 0 bridgehead atoms. The Labute approximate surface area is 197 Å². The van der Waals surface area contributed by atoms with Gasteiger partial charge in [-0.2, -0.15) is 0 Å². The first-order valence-corrected chi connectivity index (χ1v) is 10.9. The van der Waals surface area contributed by atoms with E-state index in [1.165, 1.54) is 11.1 Å². The van der Waals surface area contributed by atoms with E-state index in [0.29, 0.717) is 0 Å². The van der Waals surface area contributed by atoms with Crippen LogP contribution in [0.5, 0.6) is 0 Å². The molecular weight excluding hydrogens is 495 g/mol. The number of halogens is 1. The highest BCUT2D eigenvalue weighted by molar-refractivity contribution is 14.0. The highest BCUT2D eigenvalue weighted by Crippen LogP contribution is 2.21. The fourth-order valence-corrected chi connectivity index (χ4v) is 4.36. The first-order chi connectivity index (χ1) is 14.3. The average molecular weight is 530 g/mol. The van der Waals surface area contributed by atoms with Gasteiger partial charge in [-0.15, -0.1) is 24.0 Å². The van der Waals surface area contributed by atoms with E-state index in [1.54, 1.807) is 0 Å². The Hall–Kier alpha value is -0.940. The van der Waals surface area contributed by atoms with Gasteiger partial charge in [-0.3, -0.25) is 9.89 Å².